The van der Waals surface area contributed by atoms with Crippen LogP contribution in [0, 0.1) is 0 Å². The van der Waals surface area contributed by atoms with E-state index in [1.54, 1.807) is 24.5 Å². The van der Waals surface area contributed by atoms with Gasteiger partial charge in [-0.1, -0.05) is 29.8 Å². The number of rotatable bonds is 4. The smallest absolute Gasteiger partial charge is 0.463 e. The molecule has 0 saturated carbocycles. The van der Waals surface area contributed by atoms with Crippen molar-refractivity contribution in [3.63, 3.8) is 0 Å². The summed E-state index contributed by atoms with van der Waals surface area (Å²) in [4.78, 5) is 34.0. The third kappa shape index (κ3) is 4.80. The number of carbonyl (C=O) groups is 2. The number of para-hydroxylation sites is 1. The zero-order chi connectivity index (χ0) is 27.2. The molecule has 38 heavy (non-hydrogen) atoms. The average Bonchev–Trinajstić information content (AvgIpc) is 3.33. The number of esters is 1. The van der Waals surface area contributed by atoms with Gasteiger partial charge in [0.15, 0.2) is 17.5 Å². The van der Waals surface area contributed by atoms with Gasteiger partial charge in [-0.2, -0.15) is 13.2 Å². The summed E-state index contributed by atoms with van der Waals surface area (Å²) >= 11 is 6.23. The number of piperidine rings is 1. The summed E-state index contributed by atoms with van der Waals surface area (Å²) in [6.45, 7) is -1.02. The largest absolute Gasteiger partial charge is 0.491 e. The molecule has 1 atom stereocenters. The number of nitrogens with zero attached hydrogens (tertiary/aromatic N) is 4. The second-order valence-electron chi connectivity index (χ2n) is 8.44. The first kappa shape index (κ1) is 25.6. The van der Waals surface area contributed by atoms with E-state index < -0.39 is 54.7 Å². The number of benzene rings is 1. The van der Waals surface area contributed by atoms with Gasteiger partial charge in [-0.15, -0.1) is 0 Å². The number of aromatic nitrogens is 3. The maximum absolute atomic E-state index is 15.0. The first-order valence-electron chi connectivity index (χ1n) is 11.1. The molecular formula is C24H16ClF5N4O4. The molecule has 14 heteroatoms. The molecule has 4 aromatic rings. The summed E-state index contributed by atoms with van der Waals surface area (Å²) in [5.74, 6) is -8.32. The van der Waals surface area contributed by atoms with Crippen molar-refractivity contribution in [1.29, 1.82) is 0 Å². The molecule has 1 saturated heterocycles. The number of ether oxygens (including phenoxy) is 2. The number of halogens is 6. The highest BCUT2D eigenvalue weighted by Crippen LogP contribution is 2.37. The molecule has 5 rings (SSSR count). The van der Waals surface area contributed by atoms with Gasteiger partial charge in [-0.05, 0) is 18.2 Å². The second kappa shape index (κ2) is 9.39. The summed E-state index contributed by atoms with van der Waals surface area (Å²) < 4.78 is 79.8. The molecule has 1 aromatic carbocycles. The molecule has 0 radical (unpaired) electrons. The Kier molecular flexibility index (Phi) is 6.33. The van der Waals surface area contributed by atoms with E-state index in [9.17, 15) is 31.5 Å². The summed E-state index contributed by atoms with van der Waals surface area (Å²) in [6.07, 6.45) is -3.61. The molecule has 3 aromatic heterocycles. The standard InChI is InChI=1S/C24H16ClF5N4O4/c25-14-5-8-33-10-7-31-19(33)18(14)21(35)34-9-6-23(26,27)17(12-34)38-20-16(37-22(36)24(28,29)30)11-13-3-1-2-4-15(13)32-20/h1-5,7-8,10-11,17H,6,9,12H2/t17-/m0/s1. The van der Waals surface area contributed by atoms with Crippen molar-refractivity contribution >= 4 is 40.0 Å². The molecule has 0 aliphatic carbocycles. The van der Waals surface area contributed by atoms with E-state index in [4.69, 9.17) is 16.3 Å². The fourth-order valence-corrected chi connectivity index (χ4v) is 4.25. The van der Waals surface area contributed by atoms with Gasteiger partial charge in [0.05, 0.1) is 17.1 Å². The molecule has 1 fully saturated rings. The molecule has 0 spiro atoms. The van der Waals surface area contributed by atoms with Gasteiger partial charge >= 0.3 is 12.1 Å². The Morgan fingerprint density at radius 1 is 1.13 bits per heavy atom. The molecule has 198 valence electrons. The second-order valence-corrected chi connectivity index (χ2v) is 8.84. The number of imidazole rings is 1. The molecule has 0 bridgehead atoms. The highest BCUT2D eigenvalue weighted by Gasteiger charge is 2.48. The van der Waals surface area contributed by atoms with Crippen molar-refractivity contribution < 1.29 is 41.0 Å². The van der Waals surface area contributed by atoms with Crippen molar-refractivity contribution in [2.75, 3.05) is 13.1 Å². The Balaban J connectivity index is 1.48. The maximum atomic E-state index is 15.0. The molecule has 1 aliphatic heterocycles. The zero-order valence-corrected chi connectivity index (χ0v) is 19.8. The Morgan fingerprint density at radius 3 is 2.66 bits per heavy atom. The number of hydrogen-bond donors (Lipinski definition) is 0. The molecule has 4 heterocycles. The lowest BCUT2D eigenvalue weighted by Crippen LogP contribution is -2.55. The van der Waals surface area contributed by atoms with E-state index in [0.29, 0.717) is 0 Å². The summed E-state index contributed by atoms with van der Waals surface area (Å²) in [5, 5.41) is 0.334. The minimum Gasteiger partial charge on any atom is -0.463 e. The van der Waals surface area contributed by atoms with Gasteiger partial charge < -0.3 is 18.8 Å². The van der Waals surface area contributed by atoms with Crippen LogP contribution >= 0.6 is 11.6 Å². The Morgan fingerprint density at radius 2 is 1.89 bits per heavy atom. The number of fused-ring (bicyclic) bond motifs is 2. The number of alkyl halides is 5. The third-order valence-electron chi connectivity index (χ3n) is 5.93. The van der Waals surface area contributed by atoms with Crippen molar-refractivity contribution in [2.45, 2.75) is 24.6 Å². The molecule has 1 amide bonds. The predicted molar refractivity (Wildman–Crippen MR) is 124 cm³/mol. The van der Waals surface area contributed by atoms with Crippen LogP contribution in [-0.4, -0.2) is 62.4 Å². The topological polar surface area (TPSA) is 86.0 Å². The summed E-state index contributed by atoms with van der Waals surface area (Å²) in [5.41, 5.74) is 0.403. The van der Waals surface area contributed by atoms with E-state index in [-0.39, 0.29) is 33.7 Å². The normalized spacial score (nSPS) is 17.5. The van der Waals surface area contributed by atoms with Gasteiger partial charge in [-0.3, -0.25) is 4.79 Å². The number of pyridine rings is 2. The third-order valence-corrected chi connectivity index (χ3v) is 6.25. The van der Waals surface area contributed by atoms with Crippen molar-refractivity contribution in [1.82, 2.24) is 19.3 Å². The van der Waals surface area contributed by atoms with E-state index in [2.05, 4.69) is 14.7 Å². The van der Waals surface area contributed by atoms with Gasteiger partial charge in [0, 0.05) is 36.9 Å². The SMILES string of the molecule is O=C(c1c(Cl)ccn2ccnc12)N1CCC(F)(F)[C@@H](Oc2nc3ccccc3cc2OC(=O)C(F)(F)F)C1. The van der Waals surface area contributed by atoms with Crippen LogP contribution in [0.15, 0.2) is 55.0 Å². The van der Waals surface area contributed by atoms with Crippen LogP contribution in [0.3, 0.4) is 0 Å². The van der Waals surface area contributed by atoms with Crippen molar-refractivity contribution in [3.8, 4) is 11.6 Å². The molecule has 0 N–H and O–H groups in total. The lowest BCUT2D eigenvalue weighted by atomic mass is 10.0. The quantitative estimate of drug-likeness (QED) is 0.263. The fraction of sp³-hybridized carbons (Fsp3) is 0.250. The maximum Gasteiger partial charge on any atom is 0.491 e. The van der Waals surface area contributed by atoms with Crippen LogP contribution < -0.4 is 9.47 Å². The molecule has 1 aliphatic rings. The monoisotopic (exact) mass is 554 g/mol. The summed E-state index contributed by atoms with van der Waals surface area (Å²) in [7, 11) is 0. The van der Waals surface area contributed by atoms with Gasteiger partial charge in [0.25, 0.3) is 17.7 Å². The summed E-state index contributed by atoms with van der Waals surface area (Å²) in [6, 6.07) is 8.56. The highest BCUT2D eigenvalue weighted by atomic mass is 35.5. The van der Waals surface area contributed by atoms with Crippen molar-refractivity contribution in [3.05, 3.63) is 65.6 Å². The number of likely N-dealkylation sites (tertiary alicyclic amines) is 1. The molecule has 8 nitrogen and oxygen atoms in total. The minimum atomic E-state index is -5.35. The van der Waals surface area contributed by atoms with Crippen LogP contribution in [0.2, 0.25) is 5.02 Å². The van der Waals surface area contributed by atoms with Gasteiger partial charge in [0.2, 0.25) is 0 Å². The number of amides is 1. The Hall–Kier alpha value is -4.00. The van der Waals surface area contributed by atoms with Gasteiger partial charge in [0.1, 0.15) is 5.56 Å². The predicted octanol–water partition coefficient (Wildman–Crippen LogP) is 4.93. The van der Waals surface area contributed by atoms with E-state index in [1.807, 2.05) is 0 Å². The van der Waals surface area contributed by atoms with Crippen LogP contribution in [0.4, 0.5) is 22.0 Å². The van der Waals surface area contributed by atoms with Crippen LogP contribution in [-0.2, 0) is 4.79 Å². The van der Waals surface area contributed by atoms with E-state index in [1.165, 1.54) is 28.8 Å². The van der Waals surface area contributed by atoms with E-state index >= 15 is 0 Å². The van der Waals surface area contributed by atoms with Crippen LogP contribution in [0.25, 0.3) is 16.6 Å². The fourth-order valence-electron chi connectivity index (χ4n) is 4.03. The van der Waals surface area contributed by atoms with Gasteiger partial charge in [-0.25, -0.2) is 23.5 Å². The first-order valence-corrected chi connectivity index (χ1v) is 11.5. The lowest BCUT2D eigenvalue weighted by Gasteiger charge is -2.38. The lowest BCUT2D eigenvalue weighted by molar-refractivity contribution is -0.190. The average molecular weight is 555 g/mol. The number of hydrogen-bond acceptors (Lipinski definition) is 6. The highest BCUT2D eigenvalue weighted by molar-refractivity contribution is 6.34. The molecular weight excluding hydrogens is 539 g/mol. The Bertz CT molecular complexity index is 1560. The van der Waals surface area contributed by atoms with Crippen LogP contribution in [0.5, 0.6) is 11.6 Å². The zero-order valence-electron chi connectivity index (χ0n) is 19.1. The molecule has 0 unspecified atom stereocenters. The first-order chi connectivity index (χ1) is 17.9. The Labute approximate surface area is 215 Å². The number of carbonyl (C=O) groups excluding carboxylic acids is 2. The van der Waals surface area contributed by atoms with E-state index in [0.717, 1.165) is 11.0 Å². The van der Waals surface area contributed by atoms with Crippen molar-refractivity contribution in [2.24, 2.45) is 0 Å². The minimum absolute atomic E-state index is 0.00763. The van der Waals surface area contributed by atoms with Crippen LogP contribution in [0.1, 0.15) is 16.8 Å².